The monoisotopic (exact) mass is 375 g/mol. The Morgan fingerprint density at radius 1 is 1.43 bits per heavy atom. The molecule has 2 unspecified atom stereocenters. The molecule has 1 aromatic rings. The smallest absolute Gasteiger partial charge is 0.244 e. The van der Waals surface area contributed by atoms with Crippen LogP contribution in [-0.2, 0) is 15.1 Å². The van der Waals surface area contributed by atoms with Crippen LogP contribution in [0.4, 0.5) is 0 Å². The van der Waals surface area contributed by atoms with Crippen molar-refractivity contribution in [3.8, 4) is 0 Å². The predicted octanol–water partition coefficient (Wildman–Crippen LogP) is 1.39. The second kappa shape index (κ2) is 6.77. The van der Waals surface area contributed by atoms with Gasteiger partial charge in [-0.1, -0.05) is 28.1 Å². The number of halogens is 2. The fourth-order valence-electron chi connectivity index (χ4n) is 2.22. The number of likely N-dealkylation sites (N-methyl/N-ethyl adjacent to an activating group) is 1. The van der Waals surface area contributed by atoms with Crippen molar-refractivity contribution in [2.24, 2.45) is 5.73 Å². The van der Waals surface area contributed by atoms with Crippen molar-refractivity contribution in [2.75, 3.05) is 13.6 Å². The quantitative estimate of drug-likeness (QED) is 0.837. The van der Waals surface area contributed by atoms with Gasteiger partial charge >= 0.3 is 0 Å². The highest BCUT2D eigenvalue weighted by Crippen LogP contribution is 2.21. The summed E-state index contributed by atoms with van der Waals surface area (Å²) in [5, 5.41) is 2.85. The van der Waals surface area contributed by atoms with E-state index in [2.05, 4.69) is 21.2 Å². The van der Waals surface area contributed by atoms with Crippen LogP contribution >= 0.6 is 28.3 Å². The van der Waals surface area contributed by atoms with Gasteiger partial charge in [-0.15, -0.1) is 12.4 Å². The molecule has 0 saturated carbocycles. The molecular weight excluding hydrogens is 358 g/mol. The number of hydrogen-bond acceptors (Lipinski definition) is 3. The Hall–Kier alpha value is -1.11. The van der Waals surface area contributed by atoms with Gasteiger partial charge in [-0.25, -0.2) is 0 Å². The fourth-order valence-corrected chi connectivity index (χ4v) is 2.49. The maximum Gasteiger partial charge on any atom is 0.244 e. The molecule has 5 nitrogen and oxygen atoms in total. The van der Waals surface area contributed by atoms with Crippen LogP contribution in [0.25, 0.3) is 0 Å². The topological polar surface area (TPSA) is 75.4 Å². The maximum absolute atomic E-state index is 12.3. The Bertz CT molecular complexity index is 534. The normalized spacial score (nSPS) is 20.7. The molecule has 1 saturated heterocycles. The lowest BCUT2D eigenvalue weighted by Gasteiger charge is -2.26. The van der Waals surface area contributed by atoms with E-state index in [4.69, 9.17) is 5.73 Å². The highest BCUT2D eigenvalue weighted by atomic mass is 79.9. The Kier molecular flexibility index (Phi) is 5.78. The molecule has 2 rings (SSSR count). The minimum absolute atomic E-state index is 0. The molecule has 1 fully saturated rings. The van der Waals surface area contributed by atoms with Gasteiger partial charge in [0, 0.05) is 24.5 Å². The van der Waals surface area contributed by atoms with Gasteiger partial charge in [0.05, 0.1) is 6.04 Å². The number of benzene rings is 1. The maximum atomic E-state index is 12.3. The van der Waals surface area contributed by atoms with Gasteiger partial charge in [0.15, 0.2) is 0 Å². The summed E-state index contributed by atoms with van der Waals surface area (Å²) in [6, 6.07) is 7.16. The number of carbonyl (C=O) groups excluding carboxylic acids is 2. The lowest BCUT2D eigenvalue weighted by Crippen LogP contribution is -2.52. The molecule has 3 N–H and O–H groups in total. The Labute approximate surface area is 138 Å². The summed E-state index contributed by atoms with van der Waals surface area (Å²) >= 11 is 3.35. The largest absolute Gasteiger partial charge is 0.349 e. The standard InChI is InChI=1S/C14H18BrN3O2.ClH/c1-14(16,9-3-5-10(15)6-4-9)13(20)17-11-7-12(19)18(2)8-11;/h3-6,11H,7-8,16H2,1-2H3,(H,17,20);1H. The average molecular weight is 377 g/mol. The van der Waals surface area contributed by atoms with E-state index in [-0.39, 0.29) is 30.3 Å². The van der Waals surface area contributed by atoms with E-state index >= 15 is 0 Å². The van der Waals surface area contributed by atoms with Crippen LogP contribution in [0.2, 0.25) is 0 Å². The zero-order valence-electron chi connectivity index (χ0n) is 11.9. The van der Waals surface area contributed by atoms with E-state index in [9.17, 15) is 9.59 Å². The molecule has 0 radical (unpaired) electrons. The summed E-state index contributed by atoms with van der Waals surface area (Å²) in [4.78, 5) is 25.4. The molecular formula is C14H19BrClN3O2. The summed E-state index contributed by atoms with van der Waals surface area (Å²) in [5.74, 6) is -0.231. The Morgan fingerprint density at radius 3 is 2.48 bits per heavy atom. The van der Waals surface area contributed by atoms with Crippen LogP contribution in [0.1, 0.15) is 18.9 Å². The number of nitrogens with one attached hydrogen (secondary N) is 1. The first-order chi connectivity index (χ1) is 9.30. The zero-order chi connectivity index (χ0) is 14.9. The van der Waals surface area contributed by atoms with Gasteiger partial charge in [0.25, 0.3) is 0 Å². The van der Waals surface area contributed by atoms with Crippen LogP contribution in [0, 0.1) is 0 Å². The highest BCUT2D eigenvalue weighted by molar-refractivity contribution is 9.10. The molecule has 0 aromatic heterocycles. The van der Waals surface area contributed by atoms with Crippen LogP contribution < -0.4 is 11.1 Å². The van der Waals surface area contributed by atoms with Crippen molar-refractivity contribution < 1.29 is 9.59 Å². The van der Waals surface area contributed by atoms with E-state index in [0.717, 1.165) is 10.0 Å². The lowest BCUT2D eigenvalue weighted by molar-refractivity contribution is -0.126. The van der Waals surface area contributed by atoms with Crippen molar-refractivity contribution >= 4 is 40.2 Å². The number of likely N-dealkylation sites (tertiary alicyclic amines) is 1. The third-order valence-corrected chi connectivity index (χ3v) is 4.12. The second-order valence-electron chi connectivity index (χ2n) is 5.36. The van der Waals surface area contributed by atoms with E-state index in [1.165, 1.54) is 0 Å². The van der Waals surface area contributed by atoms with Crippen molar-refractivity contribution in [3.05, 3.63) is 34.3 Å². The fraction of sp³-hybridized carbons (Fsp3) is 0.429. The molecule has 7 heteroatoms. The molecule has 1 aliphatic rings. The van der Waals surface area contributed by atoms with E-state index < -0.39 is 5.54 Å². The average Bonchev–Trinajstić information content (AvgIpc) is 2.68. The molecule has 0 bridgehead atoms. The van der Waals surface area contributed by atoms with Crippen LogP contribution in [-0.4, -0.2) is 36.3 Å². The summed E-state index contributed by atoms with van der Waals surface area (Å²) in [6.07, 6.45) is 0.332. The molecule has 1 aromatic carbocycles. The van der Waals surface area contributed by atoms with Crippen LogP contribution in [0.3, 0.4) is 0 Å². The minimum Gasteiger partial charge on any atom is -0.349 e. The van der Waals surface area contributed by atoms with E-state index in [0.29, 0.717) is 13.0 Å². The number of rotatable bonds is 3. The van der Waals surface area contributed by atoms with Gasteiger partial charge < -0.3 is 16.0 Å². The summed E-state index contributed by atoms with van der Waals surface area (Å²) in [7, 11) is 1.73. The molecule has 1 heterocycles. The van der Waals surface area contributed by atoms with Crippen LogP contribution in [0.5, 0.6) is 0 Å². The van der Waals surface area contributed by atoms with Gasteiger partial charge in [-0.2, -0.15) is 0 Å². The van der Waals surface area contributed by atoms with Gasteiger partial charge in [0.1, 0.15) is 5.54 Å². The van der Waals surface area contributed by atoms with E-state index in [1.807, 2.05) is 24.3 Å². The number of hydrogen-bond donors (Lipinski definition) is 2. The molecule has 2 atom stereocenters. The summed E-state index contributed by atoms with van der Waals surface area (Å²) in [6.45, 7) is 2.20. The number of nitrogens with two attached hydrogens (primary N) is 1. The summed E-state index contributed by atoms with van der Waals surface area (Å²) in [5.41, 5.74) is 5.77. The van der Waals surface area contributed by atoms with Crippen molar-refractivity contribution in [1.29, 1.82) is 0 Å². The SMILES string of the molecule is CN1CC(NC(=O)C(C)(N)c2ccc(Br)cc2)CC1=O.Cl. The lowest BCUT2D eigenvalue weighted by atomic mass is 9.92. The molecule has 2 amide bonds. The van der Waals surface area contributed by atoms with Crippen molar-refractivity contribution in [2.45, 2.75) is 24.9 Å². The first kappa shape index (κ1) is 17.9. The first-order valence-corrected chi connectivity index (χ1v) is 7.20. The Balaban J connectivity index is 0.00000220. The van der Waals surface area contributed by atoms with E-state index in [1.54, 1.807) is 18.9 Å². The van der Waals surface area contributed by atoms with Gasteiger partial charge in [0.2, 0.25) is 11.8 Å². The molecule has 1 aliphatic heterocycles. The number of amides is 2. The van der Waals surface area contributed by atoms with Crippen LogP contribution in [0.15, 0.2) is 28.7 Å². The zero-order valence-corrected chi connectivity index (χ0v) is 14.3. The van der Waals surface area contributed by atoms with Gasteiger partial charge in [-0.3, -0.25) is 9.59 Å². The second-order valence-corrected chi connectivity index (χ2v) is 6.27. The van der Waals surface area contributed by atoms with Crippen molar-refractivity contribution in [1.82, 2.24) is 10.2 Å². The molecule has 21 heavy (non-hydrogen) atoms. The molecule has 0 aliphatic carbocycles. The third-order valence-electron chi connectivity index (χ3n) is 3.59. The minimum atomic E-state index is -1.12. The predicted molar refractivity (Wildman–Crippen MR) is 87.1 cm³/mol. The molecule has 116 valence electrons. The number of carbonyl (C=O) groups is 2. The molecule has 0 spiro atoms. The summed E-state index contributed by atoms with van der Waals surface area (Å²) < 4.78 is 0.931. The van der Waals surface area contributed by atoms with Gasteiger partial charge in [-0.05, 0) is 24.6 Å². The highest BCUT2D eigenvalue weighted by Gasteiger charge is 2.35. The number of nitrogens with zero attached hydrogens (tertiary/aromatic N) is 1. The van der Waals surface area contributed by atoms with Crippen molar-refractivity contribution in [3.63, 3.8) is 0 Å². The third kappa shape index (κ3) is 3.96. The Morgan fingerprint density at radius 2 is 2.00 bits per heavy atom. The first-order valence-electron chi connectivity index (χ1n) is 6.40.